The number of benzene rings is 2. The lowest BCUT2D eigenvalue weighted by atomic mass is 10.1. The van der Waals surface area contributed by atoms with Crippen molar-refractivity contribution in [1.29, 1.82) is 0 Å². The Morgan fingerprint density at radius 1 is 1.10 bits per heavy atom. The van der Waals surface area contributed by atoms with Gasteiger partial charge in [0.15, 0.2) is 5.13 Å². The Kier molecular flexibility index (Phi) is 6.06. The van der Waals surface area contributed by atoms with Crippen LogP contribution >= 0.6 is 11.3 Å². The van der Waals surface area contributed by atoms with Gasteiger partial charge in [0.2, 0.25) is 0 Å². The van der Waals surface area contributed by atoms with Gasteiger partial charge < -0.3 is 15.1 Å². The van der Waals surface area contributed by atoms with Crippen LogP contribution in [-0.2, 0) is 0 Å². The molecule has 5 nitrogen and oxygen atoms in total. The van der Waals surface area contributed by atoms with Gasteiger partial charge in [0.05, 0.1) is 49.5 Å². The number of carbonyl (C=O) groups is 1. The molecule has 0 unspecified atom stereocenters. The van der Waals surface area contributed by atoms with Gasteiger partial charge >= 0.3 is 0 Å². The molecule has 1 amide bonds. The number of thiazole rings is 1. The Bertz CT molecular complexity index is 1070. The van der Waals surface area contributed by atoms with Crippen LogP contribution in [0.5, 0.6) is 0 Å². The highest BCUT2D eigenvalue weighted by Gasteiger charge is 2.23. The number of nitrogens with zero attached hydrogens (tertiary/aromatic N) is 2. The predicted octanol–water partition coefficient (Wildman–Crippen LogP) is 2.66. The number of carbonyl (C=O) groups excluding carboxylic acids is 1. The molecule has 1 saturated heterocycles. The number of amides is 1. The quantitative estimate of drug-likeness (QED) is 0.663. The maximum absolute atomic E-state index is 12.5. The van der Waals surface area contributed by atoms with Crippen LogP contribution in [0.1, 0.15) is 32.6 Å². The first-order chi connectivity index (χ1) is 14.4. The maximum Gasteiger partial charge on any atom is 0.251 e. The normalized spacial score (nSPS) is 15.0. The molecule has 0 atom stereocenters. The average molecular weight is 424 g/mol. The highest BCUT2D eigenvalue weighted by atomic mass is 32.1. The minimum atomic E-state index is 0.0330. The zero-order valence-electron chi connectivity index (χ0n) is 18.3. The van der Waals surface area contributed by atoms with E-state index < -0.39 is 0 Å². The van der Waals surface area contributed by atoms with Crippen LogP contribution in [0.15, 0.2) is 30.3 Å². The van der Waals surface area contributed by atoms with E-state index in [9.17, 15) is 4.79 Å². The van der Waals surface area contributed by atoms with Crippen LogP contribution in [0.3, 0.4) is 0 Å². The molecule has 0 radical (unpaired) electrons. The van der Waals surface area contributed by atoms with E-state index in [0.29, 0.717) is 6.54 Å². The Morgan fingerprint density at radius 2 is 1.87 bits per heavy atom. The van der Waals surface area contributed by atoms with E-state index in [4.69, 9.17) is 4.98 Å². The van der Waals surface area contributed by atoms with Crippen LogP contribution in [0.25, 0.3) is 10.2 Å². The molecule has 4 rings (SSSR count). The van der Waals surface area contributed by atoms with Crippen molar-refractivity contribution in [2.24, 2.45) is 0 Å². The second kappa shape index (κ2) is 8.74. The Morgan fingerprint density at radius 3 is 2.60 bits per heavy atom. The van der Waals surface area contributed by atoms with Crippen molar-refractivity contribution in [1.82, 2.24) is 10.3 Å². The largest absolute Gasteiger partial charge is 0.346 e. The number of fused-ring (bicyclic) bond motifs is 1. The summed E-state index contributed by atoms with van der Waals surface area (Å²) in [7, 11) is 0. The lowest BCUT2D eigenvalue weighted by molar-refractivity contribution is -0.899. The zero-order valence-corrected chi connectivity index (χ0v) is 19.2. The molecule has 0 bridgehead atoms. The van der Waals surface area contributed by atoms with Crippen molar-refractivity contribution in [3.05, 3.63) is 58.1 Å². The molecular weight excluding hydrogens is 392 g/mol. The number of aromatic nitrogens is 1. The summed E-state index contributed by atoms with van der Waals surface area (Å²) in [6.07, 6.45) is 0. The van der Waals surface area contributed by atoms with Crippen molar-refractivity contribution in [2.45, 2.75) is 27.7 Å². The molecule has 0 spiro atoms. The fraction of sp³-hybridized carbons (Fsp3) is 0.417. The van der Waals surface area contributed by atoms with Gasteiger partial charge in [0.25, 0.3) is 5.91 Å². The second-order valence-corrected chi connectivity index (χ2v) is 9.42. The number of hydrogen-bond donors (Lipinski definition) is 2. The van der Waals surface area contributed by atoms with Crippen molar-refractivity contribution in [3.8, 4) is 0 Å². The molecule has 1 fully saturated rings. The summed E-state index contributed by atoms with van der Waals surface area (Å²) in [4.78, 5) is 21.3. The van der Waals surface area contributed by atoms with E-state index in [1.807, 2.05) is 26.0 Å². The SMILES string of the molecule is Cc1ccc(C(=O)NCC[NH+]2CCN(c3nc4c(C)c(C)ccc4s3)CC2)c(C)c1. The first-order valence-corrected chi connectivity index (χ1v) is 11.5. The second-order valence-electron chi connectivity index (χ2n) is 8.41. The Labute approximate surface area is 182 Å². The molecule has 1 aromatic heterocycles. The molecule has 2 N–H and O–H groups in total. The third-order valence-electron chi connectivity index (χ3n) is 6.21. The number of piperazine rings is 1. The Hall–Kier alpha value is -2.44. The summed E-state index contributed by atoms with van der Waals surface area (Å²) in [5, 5.41) is 4.23. The van der Waals surface area contributed by atoms with Crippen molar-refractivity contribution in [2.75, 3.05) is 44.2 Å². The standard InChI is InChI=1S/C24H30N4OS/c1-16-5-7-20(18(3)15-16)23(29)25-9-10-27-11-13-28(14-12-27)24-26-22-19(4)17(2)6-8-21(22)30-24/h5-8,15H,9-14H2,1-4H3,(H,25,29)/p+1. The third-order valence-corrected chi connectivity index (χ3v) is 7.29. The fourth-order valence-corrected chi connectivity index (χ4v) is 5.21. The molecule has 0 aliphatic carbocycles. The lowest BCUT2D eigenvalue weighted by Crippen LogP contribution is -3.15. The van der Waals surface area contributed by atoms with E-state index in [2.05, 4.69) is 42.3 Å². The zero-order chi connectivity index (χ0) is 21.3. The molecule has 2 aromatic carbocycles. The van der Waals surface area contributed by atoms with E-state index in [1.54, 1.807) is 16.2 Å². The third kappa shape index (κ3) is 4.35. The maximum atomic E-state index is 12.5. The molecule has 3 aromatic rings. The van der Waals surface area contributed by atoms with Gasteiger partial charge in [-0.05, 0) is 56.5 Å². The van der Waals surface area contributed by atoms with Crippen molar-refractivity contribution >= 4 is 32.6 Å². The highest BCUT2D eigenvalue weighted by Crippen LogP contribution is 2.31. The van der Waals surface area contributed by atoms with E-state index >= 15 is 0 Å². The number of nitrogens with one attached hydrogen (secondary N) is 2. The molecule has 30 heavy (non-hydrogen) atoms. The Balaban J connectivity index is 1.28. The molecule has 0 saturated carbocycles. The predicted molar refractivity (Wildman–Crippen MR) is 125 cm³/mol. The molecule has 158 valence electrons. The summed E-state index contributed by atoms with van der Waals surface area (Å²) in [6, 6.07) is 10.4. The summed E-state index contributed by atoms with van der Waals surface area (Å²) >= 11 is 1.80. The van der Waals surface area contributed by atoms with Crippen LogP contribution in [0.2, 0.25) is 0 Å². The van der Waals surface area contributed by atoms with Gasteiger partial charge in [0.1, 0.15) is 0 Å². The minimum absolute atomic E-state index is 0.0330. The van der Waals surface area contributed by atoms with Crippen LogP contribution in [-0.4, -0.2) is 50.2 Å². The number of rotatable bonds is 5. The van der Waals surface area contributed by atoms with Gasteiger partial charge in [-0.3, -0.25) is 4.79 Å². The van der Waals surface area contributed by atoms with Gasteiger partial charge in [-0.2, -0.15) is 0 Å². The minimum Gasteiger partial charge on any atom is -0.346 e. The summed E-state index contributed by atoms with van der Waals surface area (Å²) in [5.41, 5.74) is 6.75. The van der Waals surface area contributed by atoms with Gasteiger partial charge in [0, 0.05) is 5.56 Å². The van der Waals surface area contributed by atoms with Gasteiger partial charge in [-0.25, -0.2) is 4.98 Å². The first-order valence-electron chi connectivity index (χ1n) is 10.7. The lowest BCUT2D eigenvalue weighted by Gasteiger charge is -2.32. The molecule has 2 heterocycles. The topological polar surface area (TPSA) is 49.7 Å². The molecule has 1 aliphatic heterocycles. The summed E-state index contributed by atoms with van der Waals surface area (Å²) < 4.78 is 1.27. The number of hydrogen-bond acceptors (Lipinski definition) is 4. The number of quaternary nitrogens is 1. The average Bonchev–Trinajstić information content (AvgIpc) is 3.16. The summed E-state index contributed by atoms with van der Waals surface area (Å²) in [6.45, 7) is 14.2. The van der Waals surface area contributed by atoms with Crippen LogP contribution in [0.4, 0.5) is 5.13 Å². The van der Waals surface area contributed by atoms with E-state index in [-0.39, 0.29) is 5.91 Å². The van der Waals surface area contributed by atoms with Gasteiger partial charge in [-0.1, -0.05) is 35.1 Å². The summed E-state index contributed by atoms with van der Waals surface area (Å²) in [5.74, 6) is 0.0330. The first kappa shape index (κ1) is 20.8. The molecule has 1 aliphatic rings. The number of anilines is 1. The highest BCUT2D eigenvalue weighted by molar-refractivity contribution is 7.22. The van der Waals surface area contributed by atoms with E-state index in [1.165, 1.54) is 21.4 Å². The number of aryl methyl sites for hydroxylation is 4. The van der Waals surface area contributed by atoms with Crippen molar-refractivity contribution < 1.29 is 9.69 Å². The van der Waals surface area contributed by atoms with Crippen LogP contribution < -0.4 is 15.1 Å². The molecule has 6 heteroatoms. The van der Waals surface area contributed by atoms with Crippen molar-refractivity contribution in [3.63, 3.8) is 0 Å². The van der Waals surface area contributed by atoms with E-state index in [0.717, 1.165) is 54.5 Å². The van der Waals surface area contributed by atoms with Crippen LogP contribution in [0, 0.1) is 27.7 Å². The smallest absolute Gasteiger partial charge is 0.251 e. The fourth-order valence-electron chi connectivity index (χ4n) is 4.13. The molecular formula is C24H31N4OS+. The van der Waals surface area contributed by atoms with Gasteiger partial charge in [-0.15, -0.1) is 0 Å². The monoisotopic (exact) mass is 423 g/mol.